The zero-order valence-corrected chi connectivity index (χ0v) is 25.9. The Morgan fingerprint density at radius 1 is 1.02 bits per heavy atom. The molecule has 0 bridgehead atoms. The summed E-state index contributed by atoms with van der Waals surface area (Å²) in [4.78, 5) is 55.6. The van der Waals surface area contributed by atoms with E-state index in [9.17, 15) is 22.8 Å². The van der Waals surface area contributed by atoms with E-state index in [-0.39, 0.29) is 29.0 Å². The van der Waals surface area contributed by atoms with Crippen LogP contribution in [-0.2, 0) is 9.59 Å². The molecule has 0 unspecified atom stereocenters. The first-order chi connectivity index (χ1) is 22.4. The number of hydrogen-bond acceptors (Lipinski definition) is 9. The minimum atomic E-state index is -5.08. The number of carbonyl (C=O) groups excluding carboxylic acids is 1. The highest BCUT2D eigenvalue weighted by Gasteiger charge is 2.38. The predicted molar refractivity (Wildman–Crippen MR) is 169 cm³/mol. The minimum absolute atomic E-state index is 0.0937. The molecule has 47 heavy (non-hydrogen) atoms. The number of alkyl halides is 3. The van der Waals surface area contributed by atoms with Gasteiger partial charge in [-0.15, -0.1) is 0 Å². The van der Waals surface area contributed by atoms with E-state index in [1.807, 2.05) is 49.4 Å². The molecule has 1 amide bonds. The Morgan fingerprint density at radius 3 is 2.34 bits per heavy atom. The topological polar surface area (TPSA) is 134 Å². The summed E-state index contributed by atoms with van der Waals surface area (Å²) in [7, 11) is 2.09. The summed E-state index contributed by atoms with van der Waals surface area (Å²) in [5.41, 5.74) is 1.13. The quantitative estimate of drug-likeness (QED) is 0.308. The molecule has 2 aromatic carbocycles. The van der Waals surface area contributed by atoms with Gasteiger partial charge in [0.1, 0.15) is 17.9 Å². The van der Waals surface area contributed by atoms with Crippen molar-refractivity contribution in [3.63, 3.8) is 0 Å². The van der Waals surface area contributed by atoms with E-state index in [1.54, 1.807) is 9.47 Å². The number of halogens is 3. The van der Waals surface area contributed by atoms with Crippen LogP contribution in [0.5, 0.6) is 6.01 Å². The summed E-state index contributed by atoms with van der Waals surface area (Å²) in [6, 6.07) is 14.3. The molecule has 2 aliphatic heterocycles. The van der Waals surface area contributed by atoms with Gasteiger partial charge < -0.3 is 24.5 Å². The summed E-state index contributed by atoms with van der Waals surface area (Å²) in [6.45, 7) is 9.04. The number of benzene rings is 2. The Bertz CT molecular complexity index is 1870. The zero-order valence-electron chi connectivity index (χ0n) is 25.9. The lowest BCUT2D eigenvalue weighted by molar-refractivity contribution is -0.192. The maximum Gasteiger partial charge on any atom is 0.490 e. The van der Waals surface area contributed by atoms with Gasteiger partial charge in [0.25, 0.3) is 5.56 Å². The Morgan fingerprint density at radius 2 is 1.70 bits per heavy atom. The van der Waals surface area contributed by atoms with Crippen molar-refractivity contribution in [3.8, 4) is 11.7 Å². The number of aliphatic carboxylic acids is 1. The second-order valence-electron chi connectivity index (χ2n) is 11.2. The van der Waals surface area contributed by atoms with E-state index in [0.717, 1.165) is 35.8 Å². The third kappa shape index (κ3) is 7.19. The van der Waals surface area contributed by atoms with E-state index < -0.39 is 12.1 Å². The van der Waals surface area contributed by atoms with Crippen LogP contribution >= 0.6 is 0 Å². The number of carboxylic acid groups (broad SMARTS) is 1. The molecule has 2 aliphatic rings. The van der Waals surface area contributed by atoms with Crippen molar-refractivity contribution in [1.29, 1.82) is 0 Å². The maximum absolute atomic E-state index is 14.2. The van der Waals surface area contributed by atoms with Crippen LogP contribution in [0.15, 0.2) is 59.9 Å². The molecular weight excluding hydrogens is 619 g/mol. The molecule has 2 saturated heterocycles. The molecule has 0 spiro atoms. The van der Waals surface area contributed by atoms with Crippen molar-refractivity contribution in [1.82, 2.24) is 29.3 Å². The van der Waals surface area contributed by atoms with Crippen LogP contribution in [0.2, 0.25) is 0 Å². The SMILES string of the molecule is C=CC(=O)N1CCN(c2nc(OC[C@@H]3CCCN3C)nc3c(=O)n(-c4cccc5ccccc45)c(C)nc23)CC1.O=C(O)C(F)(F)F. The first-order valence-corrected chi connectivity index (χ1v) is 15.0. The lowest BCUT2D eigenvalue weighted by Crippen LogP contribution is -2.48. The van der Waals surface area contributed by atoms with Crippen LogP contribution in [0.25, 0.3) is 27.5 Å². The Labute approximate surface area is 267 Å². The van der Waals surface area contributed by atoms with E-state index in [0.29, 0.717) is 49.9 Å². The first-order valence-electron chi connectivity index (χ1n) is 15.0. The molecule has 6 rings (SSSR count). The standard InChI is InChI=1S/C30H33N7O3.C2HF3O2/c1-4-25(38)35-15-17-36(18-16-35)28-26-27(32-30(33-28)40-19-22-11-8-14-34(22)3)29(39)37(20(2)31-26)24-13-7-10-21-9-5-6-12-23(21)24;3-2(4,5)1(6)7/h4-7,9-10,12-13,22H,1,8,11,14-19H2,2-3H3;(H,6,7)/t22-;/m0./s1. The minimum Gasteiger partial charge on any atom is -0.475 e. The molecular formula is C32H34F3N7O5. The Kier molecular flexibility index (Phi) is 9.75. The van der Waals surface area contributed by atoms with Crippen molar-refractivity contribution >= 4 is 39.5 Å². The number of rotatable bonds is 6. The number of carbonyl (C=O) groups is 2. The van der Waals surface area contributed by atoms with Gasteiger partial charge in [0.2, 0.25) is 5.91 Å². The summed E-state index contributed by atoms with van der Waals surface area (Å²) >= 11 is 0. The van der Waals surface area contributed by atoms with E-state index in [1.165, 1.54) is 6.08 Å². The first kappa shape index (κ1) is 33.3. The van der Waals surface area contributed by atoms with Crippen LogP contribution < -0.4 is 15.2 Å². The van der Waals surface area contributed by atoms with Gasteiger partial charge in [-0.2, -0.15) is 23.1 Å². The third-order valence-corrected chi connectivity index (χ3v) is 8.24. The fourth-order valence-corrected chi connectivity index (χ4v) is 5.74. The van der Waals surface area contributed by atoms with Gasteiger partial charge in [0.05, 0.1) is 5.69 Å². The molecule has 0 saturated carbocycles. The molecule has 0 aliphatic carbocycles. The van der Waals surface area contributed by atoms with Crippen LogP contribution in [0.1, 0.15) is 18.7 Å². The van der Waals surface area contributed by atoms with E-state index >= 15 is 0 Å². The molecule has 15 heteroatoms. The third-order valence-electron chi connectivity index (χ3n) is 8.24. The number of aryl methyl sites for hydroxylation is 1. The van der Waals surface area contributed by atoms with Crippen molar-refractivity contribution in [2.24, 2.45) is 0 Å². The number of nitrogens with zero attached hydrogens (tertiary/aromatic N) is 7. The number of fused-ring (bicyclic) bond motifs is 2. The van der Waals surface area contributed by atoms with Crippen LogP contribution in [-0.4, -0.2) is 105 Å². The molecule has 2 fully saturated rings. The van der Waals surface area contributed by atoms with Crippen molar-refractivity contribution < 1.29 is 32.6 Å². The maximum atomic E-state index is 14.2. The number of aromatic nitrogens is 4. The number of likely N-dealkylation sites (tertiary alicyclic amines) is 1. The average molecular weight is 654 g/mol. The lowest BCUT2D eigenvalue weighted by atomic mass is 10.1. The van der Waals surface area contributed by atoms with Gasteiger partial charge in [0.15, 0.2) is 11.3 Å². The smallest absolute Gasteiger partial charge is 0.475 e. The van der Waals surface area contributed by atoms with E-state index in [4.69, 9.17) is 24.6 Å². The van der Waals surface area contributed by atoms with Crippen LogP contribution in [0.3, 0.4) is 0 Å². The van der Waals surface area contributed by atoms with Crippen LogP contribution in [0, 0.1) is 6.92 Å². The molecule has 1 N–H and O–H groups in total. The number of amides is 1. The van der Waals surface area contributed by atoms with Gasteiger partial charge in [0, 0.05) is 37.6 Å². The number of carboxylic acids is 1. The summed E-state index contributed by atoms with van der Waals surface area (Å²) < 4.78 is 39.5. The monoisotopic (exact) mass is 653 g/mol. The van der Waals surface area contributed by atoms with Crippen molar-refractivity contribution in [3.05, 3.63) is 71.3 Å². The Balaban J connectivity index is 0.000000559. The molecule has 248 valence electrons. The molecule has 4 heterocycles. The number of hydrogen-bond donors (Lipinski definition) is 1. The molecule has 0 radical (unpaired) electrons. The Hall–Kier alpha value is -5.05. The van der Waals surface area contributed by atoms with Gasteiger partial charge in [-0.25, -0.2) is 9.78 Å². The fraction of sp³-hybridized carbons (Fsp3) is 0.375. The van der Waals surface area contributed by atoms with Gasteiger partial charge in [-0.1, -0.05) is 43.0 Å². The van der Waals surface area contributed by atoms with Gasteiger partial charge in [-0.3, -0.25) is 14.2 Å². The van der Waals surface area contributed by atoms with Gasteiger partial charge >= 0.3 is 18.2 Å². The normalized spacial score (nSPS) is 17.0. The zero-order chi connectivity index (χ0) is 33.9. The summed E-state index contributed by atoms with van der Waals surface area (Å²) in [5, 5.41) is 9.11. The van der Waals surface area contributed by atoms with Crippen LogP contribution in [0.4, 0.5) is 19.0 Å². The molecule has 2 aromatic heterocycles. The second kappa shape index (κ2) is 13.7. The fourth-order valence-electron chi connectivity index (χ4n) is 5.74. The van der Waals surface area contributed by atoms with Gasteiger partial charge in [-0.05, 0) is 50.9 Å². The largest absolute Gasteiger partial charge is 0.490 e. The summed E-state index contributed by atoms with van der Waals surface area (Å²) in [6.07, 6.45) is -1.58. The van der Waals surface area contributed by atoms with E-state index in [2.05, 4.69) is 28.4 Å². The van der Waals surface area contributed by atoms with Crippen molar-refractivity contribution in [2.45, 2.75) is 32.0 Å². The highest BCUT2D eigenvalue weighted by molar-refractivity contribution is 5.91. The lowest BCUT2D eigenvalue weighted by Gasteiger charge is -2.35. The van der Waals surface area contributed by atoms with Crippen molar-refractivity contribution in [2.75, 3.05) is 51.3 Å². The molecule has 1 atom stereocenters. The molecule has 12 nitrogen and oxygen atoms in total. The summed E-state index contributed by atoms with van der Waals surface area (Å²) in [5.74, 6) is -1.76. The predicted octanol–water partition coefficient (Wildman–Crippen LogP) is 3.58. The highest BCUT2D eigenvalue weighted by atomic mass is 19.4. The number of piperazine rings is 1. The number of likely N-dealkylation sites (N-methyl/N-ethyl adjacent to an activating group) is 1. The highest BCUT2D eigenvalue weighted by Crippen LogP contribution is 2.28. The average Bonchev–Trinajstić information content (AvgIpc) is 3.47. The number of ether oxygens (including phenoxy) is 1. The molecule has 4 aromatic rings. The number of anilines is 1. The second-order valence-corrected chi connectivity index (χ2v) is 11.2.